The molecular formula is C21H40BOP. The summed E-state index contributed by atoms with van der Waals surface area (Å²) in [5.41, 5.74) is 2.26. The van der Waals surface area contributed by atoms with E-state index in [9.17, 15) is 5.11 Å². The van der Waals surface area contributed by atoms with Crippen molar-refractivity contribution in [2.75, 3.05) is 0 Å². The van der Waals surface area contributed by atoms with Gasteiger partial charge in [-0.1, -0.05) is 38.6 Å². The first-order valence-electron chi connectivity index (χ1n) is 11.0. The molecule has 1 nitrogen and oxygen atoms in total. The maximum Gasteiger partial charge on any atom is 0.0257 e. The summed E-state index contributed by atoms with van der Waals surface area (Å²) in [6.45, 7) is 6.74. The van der Waals surface area contributed by atoms with Crippen LogP contribution < -0.4 is 0 Å². The molecule has 0 aromatic carbocycles. The van der Waals surface area contributed by atoms with Gasteiger partial charge in [-0.25, -0.2) is 0 Å². The lowest BCUT2D eigenvalue weighted by molar-refractivity contribution is 0.168. The molecule has 0 aromatic heterocycles. The van der Waals surface area contributed by atoms with E-state index in [0.717, 1.165) is 17.0 Å². The maximum absolute atomic E-state index is 10.9. The molecule has 0 spiro atoms. The second-order valence-corrected chi connectivity index (χ2v) is 13.8. The molecule has 138 valence electrons. The Balaban J connectivity index is 1.95. The Hall–Kier alpha value is 0.455. The van der Waals surface area contributed by atoms with Gasteiger partial charge in [0.2, 0.25) is 0 Å². The largest absolute Gasteiger partial charge is 0.430 e. The van der Waals surface area contributed by atoms with Gasteiger partial charge in [0, 0.05) is 17.0 Å². The average Bonchev–Trinajstić information content (AvgIpc) is 2.61. The van der Waals surface area contributed by atoms with Crippen LogP contribution in [0.3, 0.4) is 0 Å². The van der Waals surface area contributed by atoms with E-state index in [-0.39, 0.29) is 0 Å². The summed E-state index contributed by atoms with van der Waals surface area (Å²) >= 11 is 0. The third-order valence-corrected chi connectivity index (χ3v) is 13.6. The van der Waals surface area contributed by atoms with E-state index < -0.39 is 12.6 Å². The Morgan fingerprint density at radius 2 is 0.917 bits per heavy atom. The Labute approximate surface area is 152 Å². The summed E-state index contributed by atoms with van der Waals surface area (Å²) in [6.07, 6.45) is 21.9. The van der Waals surface area contributed by atoms with Crippen molar-refractivity contribution in [3.63, 3.8) is 0 Å². The lowest BCUT2D eigenvalue weighted by Gasteiger charge is -2.60. The predicted octanol–water partition coefficient (Wildman–Crippen LogP) is 6.35. The minimum Gasteiger partial charge on any atom is -0.430 e. The molecule has 3 fully saturated rings. The van der Waals surface area contributed by atoms with Gasteiger partial charge in [-0.3, -0.25) is 0 Å². The molecule has 0 heterocycles. The third kappa shape index (κ3) is 4.40. The predicted molar refractivity (Wildman–Crippen MR) is 110 cm³/mol. The molecule has 0 aliphatic heterocycles. The van der Waals surface area contributed by atoms with Gasteiger partial charge in [0.25, 0.3) is 0 Å². The molecule has 0 atom stereocenters. The summed E-state index contributed by atoms with van der Waals surface area (Å²) in [7, 11) is -1.22. The third-order valence-electron chi connectivity index (χ3n) is 7.16. The SMILES string of the molecule is CC(C)(O)[B-][P+](C1CCCCC1)(C1CCCCC1)C1CCCCC1. The fraction of sp³-hybridized carbons (Fsp3) is 1.00. The zero-order chi connectivity index (χ0) is 17.0. The van der Waals surface area contributed by atoms with Gasteiger partial charge < -0.3 is 5.11 Å². The van der Waals surface area contributed by atoms with Crippen LogP contribution in [0.1, 0.15) is 110 Å². The van der Waals surface area contributed by atoms with Crippen molar-refractivity contribution in [2.24, 2.45) is 0 Å². The molecule has 0 bridgehead atoms. The lowest BCUT2D eigenvalue weighted by Crippen LogP contribution is -2.45. The van der Waals surface area contributed by atoms with Crippen molar-refractivity contribution in [1.82, 2.24) is 0 Å². The Morgan fingerprint density at radius 3 is 1.17 bits per heavy atom. The second kappa shape index (κ2) is 8.43. The van der Waals surface area contributed by atoms with Crippen LogP contribution in [0.5, 0.6) is 0 Å². The van der Waals surface area contributed by atoms with E-state index in [1.54, 1.807) is 0 Å². The fourth-order valence-electron chi connectivity index (χ4n) is 6.34. The van der Waals surface area contributed by atoms with Gasteiger partial charge in [0.1, 0.15) is 0 Å². The molecular weight excluding hydrogens is 310 g/mol. The van der Waals surface area contributed by atoms with Crippen molar-refractivity contribution in [1.29, 1.82) is 0 Å². The molecule has 1 N–H and O–H groups in total. The van der Waals surface area contributed by atoms with Gasteiger partial charge in [0.05, 0.1) is 0 Å². The molecule has 3 aliphatic carbocycles. The molecule has 24 heavy (non-hydrogen) atoms. The summed E-state index contributed by atoms with van der Waals surface area (Å²) < 4.78 is 0. The topological polar surface area (TPSA) is 20.2 Å². The molecule has 3 heteroatoms. The average molecular weight is 350 g/mol. The zero-order valence-corrected chi connectivity index (χ0v) is 17.2. The van der Waals surface area contributed by atoms with Crippen LogP contribution in [0, 0.1) is 0 Å². The molecule has 0 amide bonds. The van der Waals surface area contributed by atoms with Crippen molar-refractivity contribution in [3.8, 4) is 0 Å². The molecule has 0 aromatic rings. The summed E-state index contributed by atoms with van der Waals surface area (Å²) in [4.78, 5) is 0. The van der Waals surface area contributed by atoms with E-state index in [2.05, 4.69) is 20.8 Å². The first-order valence-corrected chi connectivity index (χ1v) is 13.1. The van der Waals surface area contributed by atoms with E-state index in [1.165, 1.54) is 96.3 Å². The van der Waals surface area contributed by atoms with Gasteiger partial charge in [-0.2, -0.15) is 7.14 Å². The molecule has 0 unspecified atom stereocenters. The molecule has 2 radical (unpaired) electrons. The van der Waals surface area contributed by atoms with Crippen LogP contribution >= 0.6 is 7.14 Å². The first kappa shape index (κ1) is 19.2. The highest BCUT2D eigenvalue weighted by molar-refractivity contribution is 8.02. The number of hydrogen-bond acceptors (Lipinski definition) is 1. The van der Waals surface area contributed by atoms with Crippen molar-refractivity contribution < 1.29 is 5.11 Å². The second-order valence-electron chi connectivity index (χ2n) is 9.55. The van der Waals surface area contributed by atoms with Crippen molar-refractivity contribution in [3.05, 3.63) is 0 Å². The van der Waals surface area contributed by atoms with Gasteiger partial charge >= 0.3 is 0 Å². The van der Waals surface area contributed by atoms with E-state index >= 15 is 0 Å². The minimum absolute atomic E-state index is 0.583. The van der Waals surface area contributed by atoms with Gasteiger partial charge in [-0.15, -0.1) is 0 Å². The maximum atomic E-state index is 10.9. The highest BCUT2D eigenvalue weighted by atomic mass is 31.2. The number of rotatable bonds is 5. The zero-order valence-electron chi connectivity index (χ0n) is 16.3. The van der Waals surface area contributed by atoms with Crippen molar-refractivity contribution >= 4 is 14.1 Å². The monoisotopic (exact) mass is 350 g/mol. The number of hydrogen-bond donors (Lipinski definition) is 1. The summed E-state index contributed by atoms with van der Waals surface area (Å²) in [5.74, 6) is 0. The van der Waals surface area contributed by atoms with Crippen LogP contribution in [0.15, 0.2) is 0 Å². The van der Waals surface area contributed by atoms with Crippen LogP contribution in [0.25, 0.3) is 0 Å². The van der Waals surface area contributed by atoms with Crippen LogP contribution in [0.4, 0.5) is 0 Å². The van der Waals surface area contributed by atoms with E-state index in [4.69, 9.17) is 0 Å². The van der Waals surface area contributed by atoms with Crippen molar-refractivity contribution in [2.45, 2.75) is 133 Å². The van der Waals surface area contributed by atoms with E-state index in [0.29, 0.717) is 0 Å². The Morgan fingerprint density at radius 1 is 0.625 bits per heavy atom. The fourth-order valence-corrected chi connectivity index (χ4v) is 13.6. The smallest absolute Gasteiger partial charge is 0.0257 e. The van der Waals surface area contributed by atoms with E-state index in [1.807, 2.05) is 0 Å². The Kier molecular flexibility index (Phi) is 6.75. The number of aliphatic hydroxyl groups is 1. The van der Waals surface area contributed by atoms with Gasteiger partial charge in [-0.05, 0) is 84.0 Å². The van der Waals surface area contributed by atoms with Crippen LogP contribution in [-0.4, -0.2) is 34.6 Å². The molecule has 0 saturated heterocycles. The molecule has 3 saturated carbocycles. The lowest BCUT2D eigenvalue weighted by atomic mass is 9.84. The standard InChI is InChI=1S/C21H40BOP/c1-21(2,23)22-24(18-12-6-3-7-13-18,19-14-8-4-9-15-19)20-16-10-5-11-17-20/h18-20,23H,3-17H2,1-2H3. The normalized spacial score (nSPS) is 26.6. The summed E-state index contributed by atoms with van der Waals surface area (Å²) in [6, 6.07) is 0. The summed E-state index contributed by atoms with van der Waals surface area (Å²) in [5, 5.41) is 10.9. The van der Waals surface area contributed by atoms with Crippen LogP contribution in [-0.2, 0) is 0 Å². The quantitative estimate of drug-likeness (QED) is 0.452. The highest BCUT2D eigenvalue weighted by Crippen LogP contribution is 2.76. The first-order chi connectivity index (χ1) is 11.5. The minimum atomic E-state index is -1.22. The molecule has 3 rings (SSSR count). The highest BCUT2D eigenvalue weighted by Gasteiger charge is 2.49. The van der Waals surface area contributed by atoms with Gasteiger partial charge in [0.15, 0.2) is 0 Å². The Bertz CT molecular complexity index is 328. The van der Waals surface area contributed by atoms with Crippen LogP contribution in [0.2, 0.25) is 0 Å². The molecule has 3 aliphatic rings.